The number of methoxy groups -OCH3 is 2. The van der Waals surface area contributed by atoms with Gasteiger partial charge in [-0.2, -0.15) is 5.26 Å². The fraction of sp³-hybridized carbons (Fsp3) is 0.424. The number of allylic oxidation sites excluding steroid dienone is 1. The van der Waals surface area contributed by atoms with E-state index in [2.05, 4.69) is 62.0 Å². The van der Waals surface area contributed by atoms with Crippen molar-refractivity contribution in [1.29, 1.82) is 5.26 Å². The largest absolute Gasteiger partial charge is 0.468 e. The quantitative estimate of drug-likeness (QED) is 0.0978. The summed E-state index contributed by atoms with van der Waals surface area (Å²) in [7, 11) is 2.61. The summed E-state index contributed by atoms with van der Waals surface area (Å²) in [4.78, 5) is 37.2. The number of nitrogens with zero attached hydrogens (tertiary/aromatic N) is 4. The van der Waals surface area contributed by atoms with Crippen molar-refractivity contribution in [3.63, 3.8) is 0 Å². The van der Waals surface area contributed by atoms with E-state index in [-0.39, 0.29) is 0 Å². The third-order valence-corrected chi connectivity index (χ3v) is 8.14. The summed E-state index contributed by atoms with van der Waals surface area (Å²) < 4.78 is 10.1. The monoisotopic (exact) mass is 599 g/mol. The van der Waals surface area contributed by atoms with Crippen LogP contribution in [0.25, 0.3) is 0 Å². The van der Waals surface area contributed by atoms with E-state index in [1.54, 1.807) is 13.8 Å². The van der Waals surface area contributed by atoms with E-state index in [1.807, 2.05) is 30.5 Å². The lowest BCUT2D eigenvalue weighted by molar-refractivity contribution is -0.143. The summed E-state index contributed by atoms with van der Waals surface area (Å²) in [5.74, 6) is -2.22. The molecule has 11 nitrogen and oxygen atoms in total. The topological polar surface area (TPSA) is 140 Å². The number of hydrogen-bond acceptors (Lipinski definition) is 9. The van der Waals surface area contributed by atoms with Crippen LogP contribution < -0.4 is 20.9 Å². The minimum atomic E-state index is -0.798. The highest BCUT2D eigenvalue weighted by Crippen LogP contribution is 2.40. The Morgan fingerprint density at radius 1 is 1.07 bits per heavy atom. The molecule has 2 aromatic rings. The number of hydrogen-bond donors (Lipinski definition) is 3. The van der Waals surface area contributed by atoms with Gasteiger partial charge in [-0.25, -0.2) is 4.79 Å². The number of benzene rings is 2. The van der Waals surface area contributed by atoms with E-state index in [0.717, 1.165) is 25.9 Å². The molecule has 0 spiro atoms. The van der Waals surface area contributed by atoms with Crippen molar-refractivity contribution in [2.24, 2.45) is 15.9 Å². The number of carbonyl (C=O) groups excluding carboxylic acids is 2. The Bertz CT molecular complexity index is 1480. The van der Waals surface area contributed by atoms with Crippen molar-refractivity contribution in [1.82, 2.24) is 10.6 Å². The number of piperidine rings is 1. The molecular formula is C33H41N7O4. The van der Waals surface area contributed by atoms with Gasteiger partial charge in [0.15, 0.2) is 6.19 Å². The van der Waals surface area contributed by atoms with Gasteiger partial charge in [-0.1, -0.05) is 30.3 Å². The Hall–Kier alpha value is -4.69. The number of ether oxygens (including phenoxy) is 2. The number of carbonyl (C=O) groups is 2. The van der Waals surface area contributed by atoms with Gasteiger partial charge in [0.25, 0.3) is 0 Å². The maximum atomic E-state index is 12.9. The minimum absolute atomic E-state index is 0.297. The van der Waals surface area contributed by atoms with Crippen LogP contribution in [0.2, 0.25) is 0 Å². The van der Waals surface area contributed by atoms with Crippen LogP contribution in [0.4, 0.5) is 11.4 Å². The lowest BCUT2D eigenvalue weighted by Crippen LogP contribution is -2.43. The van der Waals surface area contributed by atoms with E-state index in [0.29, 0.717) is 53.3 Å². The van der Waals surface area contributed by atoms with Gasteiger partial charge in [-0.3, -0.25) is 20.1 Å². The smallest absolute Gasteiger partial charge is 0.336 e. The standard InChI is InChI=1S/C33H41N7O4/c1-21-9-6-7-12-27(21)40-17-13-25(14-18-40)35-15-16-36-33(37-20-34)39-26-11-8-10-24(19-26)30-28(31(41)43-4)22(2)38-23(3)29(30)32(42)44-5/h6-12,19,25,28,30,35H,13-18H2,1-5H3,(H2,36,37,39). The van der Waals surface area contributed by atoms with E-state index in [9.17, 15) is 14.9 Å². The lowest BCUT2D eigenvalue weighted by atomic mass is 9.75. The number of guanidine groups is 1. The number of rotatable bonds is 9. The van der Waals surface area contributed by atoms with Crippen molar-refractivity contribution in [3.8, 4) is 6.19 Å². The van der Waals surface area contributed by atoms with Gasteiger partial charge >= 0.3 is 11.9 Å². The molecule has 1 fully saturated rings. The Kier molecular flexibility index (Phi) is 11.1. The second-order valence-corrected chi connectivity index (χ2v) is 10.9. The summed E-state index contributed by atoms with van der Waals surface area (Å²) in [5, 5.41) is 18.7. The molecule has 2 aromatic carbocycles. The van der Waals surface area contributed by atoms with Crippen LogP contribution in [0.3, 0.4) is 0 Å². The third kappa shape index (κ3) is 7.63. The number of para-hydroxylation sites is 1. The molecule has 11 heteroatoms. The summed E-state index contributed by atoms with van der Waals surface area (Å²) in [6.45, 7) is 8.75. The molecule has 1 saturated heterocycles. The van der Waals surface area contributed by atoms with Crippen molar-refractivity contribution in [2.75, 3.05) is 50.6 Å². The minimum Gasteiger partial charge on any atom is -0.468 e. The highest BCUT2D eigenvalue weighted by atomic mass is 16.5. The molecule has 0 aliphatic carbocycles. The van der Waals surface area contributed by atoms with Crippen molar-refractivity contribution in [3.05, 3.63) is 70.9 Å². The number of aryl methyl sites for hydroxylation is 1. The van der Waals surface area contributed by atoms with Gasteiger partial charge in [0, 0.05) is 54.4 Å². The van der Waals surface area contributed by atoms with Crippen molar-refractivity contribution >= 4 is 35.0 Å². The number of nitriles is 1. The first-order chi connectivity index (χ1) is 21.3. The normalized spacial score (nSPS) is 19.1. The average Bonchev–Trinajstić information content (AvgIpc) is 3.03. The van der Waals surface area contributed by atoms with Crippen molar-refractivity contribution < 1.29 is 19.1 Å². The van der Waals surface area contributed by atoms with E-state index < -0.39 is 23.8 Å². The highest BCUT2D eigenvalue weighted by molar-refractivity contribution is 6.07. The molecule has 2 unspecified atom stereocenters. The number of aliphatic imine (C=N–C) groups is 2. The first-order valence-corrected chi connectivity index (χ1v) is 14.8. The molecule has 0 radical (unpaired) electrons. The maximum Gasteiger partial charge on any atom is 0.336 e. The first kappa shape index (κ1) is 32.2. The second-order valence-electron chi connectivity index (χ2n) is 10.9. The van der Waals surface area contributed by atoms with Crippen LogP contribution in [-0.2, 0) is 19.1 Å². The molecule has 44 heavy (non-hydrogen) atoms. The third-order valence-electron chi connectivity index (χ3n) is 8.14. The molecule has 2 aliphatic rings. The Labute approximate surface area is 259 Å². The Morgan fingerprint density at radius 3 is 2.50 bits per heavy atom. The maximum absolute atomic E-state index is 12.9. The highest BCUT2D eigenvalue weighted by Gasteiger charge is 2.42. The molecule has 0 bridgehead atoms. The van der Waals surface area contributed by atoms with Gasteiger partial charge in [0.2, 0.25) is 5.96 Å². The molecular weight excluding hydrogens is 558 g/mol. The zero-order valence-corrected chi connectivity index (χ0v) is 26.0. The molecule has 3 N–H and O–H groups in total. The molecule has 2 heterocycles. The fourth-order valence-electron chi connectivity index (χ4n) is 5.99. The van der Waals surface area contributed by atoms with Gasteiger partial charge < -0.3 is 25.0 Å². The van der Waals surface area contributed by atoms with E-state index >= 15 is 0 Å². The van der Waals surface area contributed by atoms with Gasteiger partial charge in [-0.05, 0) is 62.9 Å². The average molecular weight is 600 g/mol. The molecule has 0 saturated carbocycles. The Balaban J connectivity index is 1.42. The van der Waals surface area contributed by atoms with Crippen molar-refractivity contribution in [2.45, 2.75) is 45.6 Å². The van der Waals surface area contributed by atoms with E-state index in [1.165, 1.54) is 25.5 Å². The molecule has 4 rings (SSSR count). The summed E-state index contributed by atoms with van der Waals surface area (Å²) in [6, 6.07) is 16.2. The molecule has 232 valence electrons. The van der Waals surface area contributed by atoms with E-state index in [4.69, 9.17) is 9.47 Å². The van der Waals surface area contributed by atoms with Crippen LogP contribution in [-0.4, -0.2) is 70.1 Å². The molecule has 0 amide bonds. The second kappa shape index (κ2) is 15.2. The van der Waals surface area contributed by atoms with Crippen LogP contribution >= 0.6 is 0 Å². The van der Waals surface area contributed by atoms with Gasteiger partial charge in [-0.15, -0.1) is 0 Å². The van der Waals surface area contributed by atoms with Gasteiger partial charge in [0.1, 0.15) is 5.92 Å². The SMILES string of the molecule is COC(=O)C1=C(C)N=C(C)C(C(=O)OC)C1c1cccc(NC(=NCCNC2CCN(c3ccccc3C)CC2)NC#N)c1. The molecule has 2 atom stereocenters. The summed E-state index contributed by atoms with van der Waals surface area (Å²) in [5.41, 5.74) is 5.25. The number of anilines is 2. The predicted octanol–water partition coefficient (Wildman–Crippen LogP) is 3.89. The fourth-order valence-corrected chi connectivity index (χ4v) is 5.99. The van der Waals surface area contributed by atoms with Crippen LogP contribution in [0.5, 0.6) is 0 Å². The van der Waals surface area contributed by atoms with Gasteiger partial charge in [0.05, 0.1) is 26.3 Å². The van der Waals surface area contributed by atoms with Crippen LogP contribution in [0.15, 0.2) is 69.8 Å². The summed E-state index contributed by atoms with van der Waals surface area (Å²) >= 11 is 0. The number of nitrogens with one attached hydrogen (secondary N) is 3. The number of esters is 2. The van der Waals surface area contributed by atoms with Crippen LogP contribution in [0, 0.1) is 24.3 Å². The molecule has 2 aliphatic heterocycles. The Morgan fingerprint density at radius 2 is 1.82 bits per heavy atom. The summed E-state index contributed by atoms with van der Waals surface area (Å²) in [6.07, 6.45) is 4.03. The van der Waals surface area contributed by atoms with Crippen LogP contribution in [0.1, 0.15) is 43.7 Å². The zero-order valence-electron chi connectivity index (χ0n) is 26.0. The lowest BCUT2D eigenvalue weighted by Gasteiger charge is -2.34. The predicted molar refractivity (Wildman–Crippen MR) is 172 cm³/mol. The zero-order chi connectivity index (χ0) is 31.6. The first-order valence-electron chi connectivity index (χ1n) is 14.8. The molecule has 0 aromatic heterocycles.